The molecule has 0 saturated carbocycles. The van der Waals surface area contributed by atoms with Crippen molar-refractivity contribution in [1.82, 2.24) is 0 Å². The van der Waals surface area contributed by atoms with Gasteiger partial charge in [0.15, 0.2) is 0 Å². The smallest absolute Gasteiger partial charge is 0.332 e. The van der Waals surface area contributed by atoms with Gasteiger partial charge in [-0.1, -0.05) is 0 Å². The molecule has 0 rings (SSSR count). The summed E-state index contributed by atoms with van der Waals surface area (Å²) in [5, 5.41) is 8.21. The molecule has 0 aliphatic heterocycles. The highest BCUT2D eigenvalue weighted by atomic mass is 16.6. The van der Waals surface area contributed by atoms with Crippen LogP contribution in [0.25, 0.3) is 0 Å². The number of ether oxygens (including phenoxy) is 2. The molecule has 0 bridgehead atoms. The average molecular weight is 157 g/mol. The fraction of sp³-hybridized carbons (Fsp3) is 0.714. The van der Waals surface area contributed by atoms with E-state index in [0.29, 0.717) is 0 Å². The van der Waals surface area contributed by atoms with Crippen molar-refractivity contribution in [3.05, 3.63) is 0 Å². The number of nitriles is 1. The minimum atomic E-state index is -0.435. The van der Waals surface area contributed by atoms with Gasteiger partial charge in [0.25, 0.3) is 0 Å². The van der Waals surface area contributed by atoms with Gasteiger partial charge in [0.05, 0.1) is 12.5 Å². The highest BCUT2D eigenvalue weighted by molar-refractivity contribution is 5.70. The Bertz CT molecular complexity index is 162. The molecule has 0 aromatic heterocycles. The minimum absolute atomic E-state index is 0.0598. The normalized spacial score (nSPS) is 11.7. The van der Waals surface area contributed by atoms with Crippen LogP contribution in [0.2, 0.25) is 0 Å². The lowest BCUT2D eigenvalue weighted by Crippen LogP contribution is -2.17. The van der Waals surface area contributed by atoms with Crippen LogP contribution in [-0.2, 0) is 14.3 Å². The van der Waals surface area contributed by atoms with Crippen LogP contribution in [-0.4, -0.2) is 25.8 Å². The third kappa shape index (κ3) is 5.37. The van der Waals surface area contributed by atoms with Crippen molar-refractivity contribution in [3.63, 3.8) is 0 Å². The van der Waals surface area contributed by atoms with Crippen LogP contribution < -0.4 is 0 Å². The highest BCUT2D eigenvalue weighted by Gasteiger charge is 2.07. The maximum Gasteiger partial charge on any atom is 0.332 e. The van der Waals surface area contributed by atoms with Crippen molar-refractivity contribution in [2.45, 2.75) is 19.4 Å². The SMILES string of the molecule is COCC(=O)O[C@H](C)CC#N. The molecule has 0 fully saturated rings. The van der Waals surface area contributed by atoms with E-state index in [1.807, 2.05) is 6.07 Å². The van der Waals surface area contributed by atoms with Gasteiger partial charge in [0.1, 0.15) is 12.7 Å². The zero-order valence-electron chi connectivity index (χ0n) is 6.66. The molecular weight excluding hydrogens is 146 g/mol. The van der Waals surface area contributed by atoms with Crippen LogP contribution in [0.5, 0.6) is 0 Å². The molecule has 0 amide bonds. The second kappa shape index (κ2) is 5.69. The monoisotopic (exact) mass is 157 g/mol. The van der Waals surface area contributed by atoms with E-state index in [-0.39, 0.29) is 19.1 Å². The first-order valence-corrected chi connectivity index (χ1v) is 3.26. The molecular formula is C7H11NO3. The number of carbonyl (C=O) groups is 1. The van der Waals surface area contributed by atoms with E-state index >= 15 is 0 Å². The highest BCUT2D eigenvalue weighted by Crippen LogP contribution is 1.95. The molecule has 0 unspecified atom stereocenters. The van der Waals surface area contributed by atoms with E-state index in [1.165, 1.54) is 7.11 Å². The lowest BCUT2D eigenvalue weighted by molar-refractivity contribution is -0.152. The third-order valence-electron chi connectivity index (χ3n) is 0.974. The summed E-state index contributed by atoms with van der Waals surface area (Å²) in [5.41, 5.74) is 0. The van der Waals surface area contributed by atoms with Crippen LogP contribution in [0.1, 0.15) is 13.3 Å². The molecule has 0 aliphatic rings. The molecule has 4 nitrogen and oxygen atoms in total. The van der Waals surface area contributed by atoms with Gasteiger partial charge in [0.2, 0.25) is 0 Å². The fourth-order valence-electron chi connectivity index (χ4n) is 0.546. The summed E-state index contributed by atoms with van der Waals surface area (Å²) < 4.78 is 9.27. The second-order valence-electron chi connectivity index (χ2n) is 2.10. The van der Waals surface area contributed by atoms with Gasteiger partial charge in [-0.25, -0.2) is 4.79 Å². The van der Waals surface area contributed by atoms with Crippen LogP contribution in [0.15, 0.2) is 0 Å². The number of carbonyl (C=O) groups excluding carboxylic acids is 1. The van der Waals surface area contributed by atoms with Crippen LogP contribution in [0.3, 0.4) is 0 Å². The minimum Gasteiger partial charge on any atom is -0.460 e. The van der Waals surface area contributed by atoms with E-state index in [1.54, 1.807) is 6.92 Å². The number of nitrogens with zero attached hydrogens (tertiary/aromatic N) is 1. The van der Waals surface area contributed by atoms with Crippen molar-refractivity contribution in [3.8, 4) is 6.07 Å². The van der Waals surface area contributed by atoms with Crippen molar-refractivity contribution in [1.29, 1.82) is 5.26 Å². The summed E-state index contributed by atoms with van der Waals surface area (Å²) in [4.78, 5) is 10.7. The molecule has 62 valence electrons. The third-order valence-corrected chi connectivity index (χ3v) is 0.974. The second-order valence-corrected chi connectivity index (χ2v) is 2.10. The van der Waals surface area contributed by atoms with Gasteiger partial charge in [-0.15, -0.1) is 0 Å². The van der Waals surface area contributed by atoms with Gasteiger partial charge < -0.3 is 9.47 Å². The summed E-state index contributed by atoms with van der Waals surface area (Å²) in [5.74, 6) is -0.435. The van der Waals surface area contributed by atoms with Gasteiger partial charge in [-0.2, -0.15) is 5.26 Å². The quantitative estimate of drug-likeness (QED) is 0.557. The Morgan fingerprint density at radius 3 is 2.82 bits per heavy atom. The molecule has 11 heavy (non-hydrogen) atoms. The lowest BCUT2D eigenvalue weighted by Gasteiger charge is -2.08. The lowest BCUT2D eigenvalue weighted by atomic mass is 10.3. The summed E-state index contributed by atoms with van der Waals surface area (Å²) in [6.07, 6.45) is -0.127. The van der Waals surface area contributed by atoms with E-state index in [9.17, 15) is 4.79 Å². The van der Waals surface area contributed by atoms with E-state index in [0.717, 1.165) is 0 Å². The van der Waals surface area contributed by atoms with E-state index in [4.69, 9.17) is 10.00 Å². The van der Waals surface area contributed by atoms with E-state index in [2.05, 4.69) is 4.74 Å². The van der Waals surface area contributed by atoms with Crippen LogP contribution in [0, 0.1) is 11.3 Å². The standard InChI is InChI=1S/C7H11NO3/c1-6(3-4-8)11-7(9)5-10-2/h6H,3,5H2,1-2H3/t6-/m1/s1. The number of methoxy groups -OCH3 is 1. The Balaban J connectivity index is 3.50. The molecule has 0 radical (unpaired) electrons. The Morgan fingerprint density at radius 1 is 1.73 bits per heavy atom. The maximum absolute atomic E-state index is 10.7. The molecule has 0 aromatic rings. The molecule has 1 atom stereocenters. The topological polar surface area (TPSA) is 59.3 Å². The maximum atomic E-state index is 10.7. The predicted molar refractivity (Wildman–Crippen MR) is 37.7 cm³/mol. The summed E-state index contributed by atoms with van der Waals surface area (Å²) in [7, 11) is 1.41. The average Bonchev–Trinajstić information content (AvgIpc) is 1.87. The zero-order chi connectivity index (χ0) is 8.69. The Kier molecular flexibility index (Phi) is 5.13. The van der Waals surface area contributed by atoms with Gasteiger partial charge >= 0.3 is 5.97 Å². The molecule has 0 saturated heterocycles. The molecule has 0 heterocycles. The number of hydrogen-bond donors (Lipinski definition) is 0. The number of rotatable bonds is 4. The molecule has 0 aromatic carbocycles. The molecule has 0 N–H and O–H groups in total. The van der Waals surface area contributed by atoms with Gasteiger partial charge in [-0.05, 0) is 6.92 Å². The van der Waals surface area contributed by atoms with Gasteiger partial charge in [-0.3, -0.25) is 0 Å². The van der Waals surface area contributed by atoms with Gasteiger partial charge in [0, 0.05) is 7.11 Å². The predicted octanol–water partition coefficient (Wildman–Crippen LogP) is 0.478. The largest absolute Gasteiger partial charge is 0.460 e. The van der Waals surface area contributed by atoms with Crippen molar-refractivity contribution >= 4 is 5.97 Å². The summed E-state index contributed by atoms with van der Waals surface area (Å²) in [6.45, 7) is 1.60. The Morgan fingerprint density at radius 2 is 2.36 bits per heavy atom. The van der Waals surface area contributed by atoms with Crippen LogP contribution in [0.4, 0.5) is 0 Å². The first kappa shape index (κ1) is 9.92. The Labute approximate surface area is 65.7 Å². The summed E-state index contributed by atoms with van der Waals surface area (Å²) >= 11 is 0. The molecule has 0 aliphatic carbocycles. The number of hydrogen-bond acceptors (Lipinski definition) is 4. The van der Waals surface area contributed by atoms with Crippen molar-refractivity contribution in [2.24, 2.45) is 0 Å². The van der Waals surface area contributed by atoms with E-state index < -0.39 is 5.97 Å². The van der Waals surface area contributed by atoms with Crippen molar-refractivity contribution in [2.75, 3.05) is 13.7 Å². The van der Waals surface area contributed by atoms with Crippen LogP contribution >= 0.6 is 0 Å². The fourth-order valence-corrected chi connectivity index (χ4v) is 0.546. The summed E-state index contributed by atoms with van der Waals surface area (Å²) in [6, 6.07) is 1.90. The van der Waals surface area contributed by atoms with Crippen molar-refractivity contribution < 1.29 is 14.3 Å². The first-order valence-electron chi connectivity index (χ1n) is 3.26. The number of esters is 1. The first-order chi connectivity index (χ1) is 5.20. The Hall–Kier alpha value is -1.08. The molecule has 0 spiro atoms. The zero-order valence-corrected chi connectivity index (χ0v) is 6.66. The molecule has 4 heteroatoms.